The van der Waals surface area contributed by atoms with E-state index < -0.39 is 5.41 Å². The molecule has 1 aliphatic rings. The Balaban J connectivity index is 1.89. The Labute approximate surface area is 126 Å². The van der Waals surface area contributed by atoms with Gasteiger partial charge in [-0.15, -0.1) is 0 Å². The molecule has 3 rings (SSSR count). The summed E-state index contributed by atoms with van der Waals surface area (Å²) in [5.41, 5.74) is 1.63. The predicted octanol–water partition coefficient (Wildman–Crippen LogP) is 3.53. The minimum absolute atomic E-state index is 0.424. The van der Waals surface area contributed by atoms with Crippen molar-refractivity contribution in [1.29, 1.82) is 5.26 Å². The first-order valence-electron chi connectivity index (χ1n) is 6.42. The Hall–Kier alpha value is -1.86. The van der Waals surface area contributed by atoms with Gasteiger partial charge in [-0.3, -0.25) is 4.98 Å². The third kappa shape index (κ3) is 2.54. The zero-order valence-corrected chi connectivity index (χ0v) is 12.4. The van der Waals surface area contributed by atoms with Gasteiger partial charge in [0.25, 0.3) is 0 Å². The summed E-state index contributed by atoms with van der Waals surface area (Å²) in [7, 11) is 0. The SMILES string of the molecule is N#CC1(Cc2cncc(Br)c2)COc2ccccc2C1. The van der Waals surface area contributed by atoms with Crippen molar-refractivity contribution in [3.05, 3.63) is 58.3 Å². The van der Waals surface area contributed by atoms with Gasteiger partial charge in [-0.1, -0.05) is 18.2 Å². The lowest BCUT2D eigenvalue weighted by molar-refractivity contribution is 0.169. The van der Waals surface area contributed by atoms with Crippen LogP contribution in [0.1, 0.15) is 11.1 Å². The lowest BCUT2D eigenvalue weighted by atomic mass is 9.77. The molecule has 100 valence electrons. The van der Waals surface area contributed by atoms with E-state index in [4.69, 9.17) is 4.74 Å². The number of hydrogen-bond acceptors (Lipinski definition) is 3. The molecule has 0 fully saturated rings. The van der Waals surface area contributed by atoms with Crippen LogP contribution in [0.25, 0.3) is 0 Å². The van der Waals surface area contributed by atoms with Crippen LogP contribution < -0.4 is 4.74 Å². The molecule has 2 aromatic rings. The minimum Gasteiger partial charge on any atom is -0.492 e. The summed E-state index contributed by atoms with van der Waals surface area (Å²) in [6.07, 6.45) is 4.91. The first kappa shape index (κ1) is 13.1. The zero-order chi connectivity index (χ0) is 14.0. The van der Waals surface area contributed by atoms with E-state index in [2.05, 4.69) is 27.0 Å². The summed E-state index contributed by atoms with van der Waals surface area (Å²) in [5.74, 6) is 0.894. The van der Waals surface area contributed by atoms with Gasteiger partial charge in [-0.25, -0.2) is 0 Å². The molecule has 1 unspecified atom stereocenters. The molecule has 4 heteroatoms. The van der Waals surface area contributed by atoms with Crippen molar-refractivity contribution >= 4 is 15.9 Å². The molecule has 0 N–H and O–H groups in total. The number of nitriles is 1. The summed E-state index contributed by atoms with van der Waals surface area (Å²) in [6, 6.07) is 12.4. The molecule has 0 saturated heterocycles. The number of para-hydroxylation sites is 1. The van der Waals surface area contributed by atoms with Gasteiger partial charge in [0.1, 0.15) is 12.4 Å². The number of hydrogen-bond donors (Lipinski definition) is 0. The topological polar surface area (TPSA) is 45.9 Å². The monoisotopic (exact) mass is 328 g/mol. The molecule has 20 heavy (non-hydrogen) atoms. The first-order chi connectivity index (χ1) is 9.71. The van der Waals surface area contributed by atoms with Crippen molar-refractivity contribution in [3.63, 3.8) is 0 Å². The average Bonchev–Trinajstić information content (AvgIpc) is 2.47. The Kier molecular flexibility index (Phi) is 3.45. The van der Waals surface area contributed by atoms with E-state index in [0.717, 1.165) is 21.3 Å². The second-order valence-corrected chi connectivity index (χ2v) is 6.07. The number of aromatic nitrogens is 1. The van der Waals surface area contributed by atoms with Crippen LogP contribution in [0.2, 0.25) is 0 Å². The van der Waals surface area contributed by atoms with Crippen LogP contribution in [0, 0.1) is 16.7 Å². The van der Waals surface area contributed by atoms with E-state index >= 15 is 0 Å². The number of pyridine rings is 1. The van der Waals surface area contributed by atoms with Gasteiger partial charge < -0.3 is 4.74 Å². The summed E-state index contributed by atoms with van der Waals surface area (Å²) in [4.78, 5) is 4.16. The largest absolute Gasteiger partial charge is 0.492 e. The fraction of sp³-hybridized carbons (Fsp3) is 0.250. The maximum Gasteiger partial charge on any atom is 0.122 e. The molecule has 3 nitrogen and oxygen atoms in total. The fourth-order valence-corrected chi connectivity index (χ4v) is 3.00. The average molecular weight is 329 g/mol. The van der Waals surface area contributed by atoms with Gasteiger partial charge >= 0.3 is 0 Å². The Morgan fingerprint density at radius 1 is 1.35 bits per heavy atom. The van der Waals surface area contributed by atoms with Gasteiger partial charge in [0.15, 0.2) is 0 Å². The van der Waals surface area contributed by atoms with Crippen LogP contribution in [0.4, 0.5) is 0 Å². The standard InChI is InChI=1S/C16H13BrN2O/c17-14-5-12(8-19-9-14)6-16(10-18)7-13-3-1-2-4-15(13)20-11-16/h1-5,8-9H,6-7,11H2. The number of rotatable bonds is 2. The van der Waals surface area contributed by atoms with Gasteiger partial charge in [-0.2, -0.15) is 5.26 Å². The van der Waals surface area contributed by atoms with Crippen molar-refractivity contribution in [2.75, 3.05) is 6.61 Å². The molecular weight excluding hydrogens is 316 g/mol. The number of halogens is 1. The molecule has 1 aliphatic heterocycles. The smallest absolute Gasteiger partial charge is 0.122 e. The van der Waals surface area contributed by atoms with Crippen molar-refractivity contribution in [2.45, 2.75) is 12.8 Å². The molecule has 1 aromatic heterocycles. The third-order valence-electron chi connectivity index (χ3n) is 3.55. The van der Waals surface area contributed by atoms with E-state index in [9.17, 15) is 5.26 Å². The highest BCUT2D eigenvalue weighted by atomic mass is 79.9. The van der Waals surface area contributed by atoms with Crippen LogP contribution in [0.3, 0.4) is 0 Å². The van der Waals surface area contributed by atoms with E-state index in [-0.39, 0.29) is 0 Å². The molecule has 1 aromatic carbocycles. The van der Waals surface area contributed by atoms with Gasteiger partial charge in [0.05, 0.1) is 11.5 Å². The first-order valence-corrected chi connectivity index (χ1v) is 7.21. The van der Waals surface area contributed by atoms with E-state index in [1.54, 1.807) is 6.20 Å². The maximum absolute atomic E-state index is 9.64. The van der Waals surface area contributed by atoms with E-state index in [0.29, 0.717) is 19.4 Å². The summed E-state index contributed by atoms with van der Waals surface area (Å²) < 4.78 is 6.71. The van der Waals surface area contributed by atoms with Crippen molar-refractivity contribution in [3.8, 4) is 11.8 Å². The molecule has 0 spiro atoms. The van der Waals surface area contributed by atoms with Gasteiger partial charge in [0, 0.05) is 16.9 Å². The minimum atomic E-state index is -0.517. The van der Waals surface area contributed by atoms with Crippen molar-refractivity contribution < 1.29 is 4.74 Å². The highest BCUT2D eigenvalue weighted by molar-refractivity contribution is 9.10. The molecule has 1 atom stereocenters. The number of fused-ring (bicyclic) bond motifs is 1. The molecule has 0 saturated carbocycles. The van der Waals surface area contributed by atoms with Crippen LogP contribution in [0.5, 0.6) is 5.75 Å². The summed E-state index contributed by atoms with van der Waals surface area (Å²) >= 11 is 3.42. The molecular formula is C16H13BrN2O. The van der Waals surface area contributed by atoms with Crippen LogP contribution in [-0.2, 0) is 12.8 Å². The molecule has 0 bridgehead atoms. The second-order valence-electron chi connectivity index (χ2n) is 5.15. The van der Waals surface area contributed by atoms with Gasteiger partial charge in [0.2, 0.25) is 0 Å². The lowest BCUT2D eigenvalue weighted by Gasteiger charge is -2.32. The summed E-state index contributed by atoms with van der Waals surface area (Å²) in [5, 5.41) is 9.64. The number of ether oxygens (including phenoxy) is 1. The van der Waals surface area contributed by atoms with Gasteiger partial charge in [-0.05, 0) is 52.0 Å². The lowest BCUT2D eigenvalue weighted by Crippen LogP contribution is -2.35. The zero-order valence-electron chi connectivity index (χ0n) is 10.8. The van der Waals surface area contributed by atoms with Crippen molar-refractivity contribution in [2.24, 2.45) is 5.41 Å². The Morgan fingerprint density at radius 3 is 3.00 bits per heavy atom. The highest BCUT2D eigenvalue weighted by Gasteiger charge is 2.36. The van der Waals surface area contributed by atoms with Crippen LogP contribution >= 0.6 is 15.9 Å². The third-order valence-corrected chi connectivity index (χ3v) is 3.98. The Bertz CT molecular complexity index is 680. The highest BCUT2D eigenvalue weighted by Crippen LogP contribution is 2.36. The fourth-order valence-electron chi connectivity index (χ4n) is 2.59. The predicted molar refractivity (Wildman–Crippen MR) is 79.3 cm³/mol. The second kappa shape index (κ2) is 5.26. The quantitative estimate of drug-likeness (QED) is 0.847. The van der Waals surface area contributed by atoms with Crippen LogP contribution in [-0.4, -0.2) is 11.6 Å². The van der Waals surface area contributed by atoms with E-state index in [1.807, 2.05) is 36.5 Å². The normalized spacial score (nSPS) is 20.6. The Morgan fingerprint density at radius 2 is 2.20 bits per heavy atom. The summed E-state index contributed by atoms with van der Waals surface area (Å²) in [6.45, 7) is 0.424. The molecule has 0 amide bonds. The van der Waals surface area contributed by atoms with Crippen molar-refractivity contribution in [1.82, 2.24) is 4.98 Å². The number of nitrogens with zero attached hydrogens (tertiary/aromatic N) is 2. The molecule has 0 radical (unpaired) electrons. The van der Waals surface area contributed by atoms with Crippen LogP contribution in [0.15, 0.2) is 47.2 Å². The molecule has 2 heterocycles. The number of benzene rings is 1. The van der Waals surface area contributed by atoms with E-state index in [1.165, 1.54) is 0 Å². The molecule has 0 aliphatic carbocycles. The maximum atomic E-state index is 9.64.